The fourth-order valence-corrected chi connectivity index (χ4v) is 2.09. The van der Waals surface area contributed by atoms with E-state index in [0.717, 1.165) is 0 Å². The number of aromatic amines is 1. The lowest BCUT2D eigenvalue weighted by Gasteiger charge is -2.11. The number of aromatic hydroxyl groups is 1. The Hall–Kier alpha value is -3.47. The molecule has 0 aliphatic heterocycles. The molecule has 0 fully saturated rings. The molecule has 1 aromatic carbocycles. The van der Waals surface area contributed by atoms with Crippen LogP contribution in [0.25, 0.3) is 11.2 Å². The molecule has 0 aliphatic carbocycles. The smallest absolute Gasteiger partial charge is 0.339 e. The van der Waals surface area contributed by atoms with Gasteiger partial charge in [0.1, 0.15) is 11.3 Å². The van der Waals surface area contributed by atoms with Crippen molar-refractivity contribution in [3.63, 3.8) is 0 Å². The van der Waals surface area contributed by atoms with Crippen molar-refractivity contribution in [3.05, 3.63) is 23.8 Å². The maximum atomic E-state index is 11.1. The zero-order valence-electron chi connectivity index (χ0n) is 13.2. The minimum absolute atomic E-state index is 0.0918. The fourth-order valence-electron chi connectivity index (χ4n) is 2.09. The first-order valence-corrected chi connectivity index (χ1v) is 7.35. The van der Waals surface area contributed by atoms with Crippen LogP contribution in [-0.2, 0) is 0 Å². The van der Waals surface area contributed by atoms with Gasteiger partial charge in [-0.1, -0.05) is 5.21 Å². The van der Waals surface area contributed by atoms with E-state index in [9.17, 15) is 9.90 Å². The number of phenols is 1. The van der Waals surface area contributed by atoms with Crippen LogP contribution < -0.4 is 16.4 Å². The molecular formula is C14H16N8O3. The van der Waals surface area contributed by atoms with E-state index in [2.05, 4.69) is 36.0 Å². The highest BCUT2D eigenvalue weighted by molar-refractivity contribution is 5.93. The Labute approximate surface area is 141 Å². The summed E-state index contributed by atoms with van der Waals surface area (Å²) in [5.41, 5.74) is 6.68. The number of nitrogens with one attached hydrogen (secondary N) is 3. The van der Waals surface area contributed by atoms with Crippen LogP contribution >= 0.6 is 0 Å². The summed E-state index contributed by atoms with van der Waals surface area (Å²) in [5, 5.41) is 34.9. The van der Waals surface area contributed by atoms with Gasteiger partial charge in [-0.05, 0) is 25.1 Å². The lowest BCUT2D eigenvalue weighted by molar-refractivity contribution is 0.0694. The van der Waals surface area contributed by atoms with Gasteiger partial charge >= 0.3 is 5.97 Å². The van der Waals surface area contributed by atoms with Crippen molar-refractivity contribution in [2.45, 2.75) is 13.0 Å². The summed E-state index contributed by atoms with van der Waals surface area (Å²) in [6.45, 7) is 2.31. The van der Waals surface area contributed by atoms with Crippen molar-refractivity contribution in [2.75, 3.05) is 17.2 Å². The van der Waals surface area contributed by atoms with Crippen molar-refractivity contribution >= 4 is 34.6 Å². The minimum atomic E-state index is -1.24. The van der Waals surface area contributed by atoms with Crippen LogP contribution in [0.5, 0.6) is 5.75 Å². The number of fused-ring (bicyclic) bond motifs is 1. The predicted octanol–water partition coefficient (Wildman–Crippen LogP) is 0.654. The molecule has 1 unspecified atom stereocenters. The van der Waals surface area contributed by atoms with Crippen LogP contribution in [0.3, 0.4) is 0 Å². The van der Waals surface area contributed by atoms with Crippen LogP contribution in [0.15, 0.2) is 18.2 Å². The molecule has 3 aromatic rings. The molecule has 1 atom stereocenters. The van der Waals surface area contributed by atoms with Gasteiger partial charge in [-0.25, -0.2) is 9.89 Å². The van der Waals surface area contributed by atoms with Crippen molar-refractivity contribution in [3.8, 4) is 5.75 Å². The van der Waals surface area contributed by atoms with Crippen LogP contribution in [0.4, 0.5) is 17.5 Å². The molecule has 11 nitrogen and oxygen atoms in total. The Balaban J connectivity index is 1.96. The molecule has 25 heavy (non-hydrogen) atoms. The molecule has 0 saturated heterocycles. The Morgan fingerprint density at radius 2 is 2.20 bits per heavy atom. The van der Waals surface area contributed by atoms with E-state index in [1.165, 1.54) is 18.2 Å². The van der Waals surface area contributed by atoms with Gasteiger partial charge < -0.3 is 26.6 Å². The monoisotopic (exact) mass is 344 g/mol. The Bertz CT molecular complexity index is 924. The number of nitrogens with zero attached hydrogens (tertiary/aromatic N) is 4. The van der Waals surface area contributed by atoms with E-state index in [0.29, 0.717) is 35.2 Å². The highest BCUT2D eigenvalue weighted by Crippen LogP contribution is 2.26. The number of aromatic nitrogens is 5. The second-order valence-electron chi connectivity index (χ2n) is 5.43. The first kappa shape index (κ1) is 16.4. The van der Waals surface area contributed by atoms with E-state index in [-0.39, 0.29) is 17.4 Å². The Morgan fingerprint density at radius 3 is 2.92 bits per heavy atom. The molecule has 7 N–H and O–H groups in total. The third kappa shape index (κ3) is 3.55. The van der Waals surface area contributed by atoms with Crippen molar-refractivity contribution < 1.29 is 15.0 Å². The van der Waals surface area contributed by atoms with Gasteiger partial charge in [0.2, 0.25) is 5.95 Å². The summed E-state index contributed by atoms with van der Waals surface area (Å²) in [6, 6.07) is 4.00. The molecule has 11 heteroatoms. The summed E-state index contributed by atoms with van der Waals surface area (Å²) < 4.78 is 0. The molecule has 2 aromatic heterocycles. The summed E-state index contributed by atoms with van der Waals surface area (Å²) in [4.78, 5) is 19.7. The van der Waals surface area contributed by atoms with Crippen LogP contribution in [0, 0.1) is 0 Å². The summed E-state index contributed by atoms with van der Waals surface area (Å²) in [6.07, 6.45) is 0. The van der Waals surface area contributed by atoms with Crippen molar-refractivity contribution in [1.29, 1.82) is 0 Å². The lowest BCUT2D eigenvalue weighted by Crippen LogP contribution is -2.26. The number of aromatic carboxylic acids is 1. The van der Waals surface area contributed by atoms with Gasteiger partial charge in [-0.3, -0.25) is 0 Å². The normalized spacial score (nSPS) is 12.1. The molecule has 0 spiro atoms. The molecule has 0 bridgehead atoms. The van der Waals surface area contributed by atoms with Gasteiger partial charge in [0.25, 0.3) is 0 Å². The first-order chi connectivity index (χ1) is 11.9. The molecule has 3 rings (SSSR count). The average Bonchev–Trinajstić information content (AvgIpc) is 3.03. The SMILES string of the molecule is CC(N)CNc1nc(Nc2ccc(O)c(C(=O)O)c2)c2nn[nH]c2n1. The van der Waals surface area contributed by atoms with Gasteiger partial charge in [0.05, 0.1) is 0 Å². The van der Waals surface area contributed by atoms with Crippen molar-refractivity contribution in [2.24, 2.45) is 5.73 Å². The maximum absolute atomic E-state index is 11.1. The number of nitrogens with two attached hydrogens (primary N) is 1. The number of benzene rings is 1. The number of H-pyrrole nitrogens is 1. The zero-order valence-corrected chi connectivity index (χ0v) is 13.2. The number of hydrogen-bond acceptors (Lipinski definition) is 9. The van der Waals surface area contributed by atoms with E-state index in [1.807, 2.05) is 6.92 Å². The van der Waals surface area contributed by atoms with E-state index in [4.69, 9.17) is 10.8 Å². The average molecular weight is 344 g/mol. The number of carbonyl (C=O) groups is 1. The predicted molar refractivity (Wildman–Crippen MR) is 90.0 cm³/mol. The number of carboxylic acid groups (broad SMARTS) is 1. The first-order valence-electron chi connectivity index (χ1n) is 7.35. The third-order valence-corrected chi connectivity index (χ3v) is 3.26. The van der Waals surface area contributed by atoms with Crippen LogP contribution in [-0.4, -0.2) is 54.1 Å². The Morgan fingerprint density at radius 1 is 1.40 bits per heavy atom. The molecule has 0 aliphatic rings. The largest absolute Gasteiger partial charge is 0.507 e. The molecule has 0 saturated carbocycles. The number of hydrogen-bond donors (Lipinski definition) is 6. The van der Waals surface area contributed by atoms with Gasteiger partial charge in [-0.15, -0.1) is 5.10 Å². The number of carboxylic acids is 1. The van der Waals surface area contributed by atoms with E-state index in [1.54, 1.807) is 0 Å². The summed E-state index contributed by atoms with van der Waals surface area (Å²) >= 11 is 0. The van der Waals surface area contributed by atoms with Gasteiger partial charge in [-0.2, -0.15) is 9.97 Å². The van der Waals surface area contributed by atoms with Crippen LogP contribution in [0.2, 0.25) is 0 Å². The molecule has 130 valence electrons. The summed E-state index contributed by atoms with van der Waals surface area (Å²) in [7, 11) is 0. The quantitative estimate of drug-likeness (QED) is 0.348. The molecular weight excluding hydrogens is 328 g/mol. The molecule has 2 heterocycles. The molecule has 0 radical (unpaired) electrons. The van der Waals surface area contributed by atoms with Crippen LogP contribution in [0.1, 0.15) is 17.3 Å². The highest BCUT2D eigenvalue weighted by atomic mass is 16.4. The Kier molecular flexibility index (Phi) is 4.31. The fraction of sp³-hybridized carbons (Fsp3) is 0.214. The van der Waals surface area contributed by atoms with E-state index >= 15 is 0 Å². The minimum Gasteiger partial charge on any atom is -0.507 e. The third-order valence-electron chi connectivity index (χ3n) is 3.26. The number of rotatable bonds is 6. The highest BCUT2D eigenvalue weighted by Gasteiger charge is 2.14. The maximum Gasteiger partial charge on any atom is 0.339 e. The zero-order chi connectivity index (χ0) is 18.0. The topological polar surface area (TPSA) is 175 Å². The summed E-state index contributed by atoms with van der Waals surface area (Å²) in [5.74, 6) is -0.926. The van der Waals surface area contributed by atoms with Crippen molar-refractivity contribution in [1.82, 2.24) is 25.4 Å². The molecule has 0 amide bonds. The number of anilines is 3. The van der Waals surface area contributed by atoms with Gasteiger partial charge in [0.15, 0.2) is 17.0 Å². The lowest BCUT2D eigenvalue weighted by atomic mass is 10.2. The van der Waals surface area contributed by atoms with E-state index < -0.39 is 5.97 Å². The second kappa shape index (κ2) is 6.57. The van der Waals surface area contributed by atoms with Gasteiger partial charge in [0, 0.05) is 18.3 Å². The second-order valence-corrected chi connectivity index (χ2v) is 5.43. The standard InChI is InChI=1S/C14H16N8O3/c1-6(15)5-16-14-18-11(10-12(19-14)21-22-20-10)17-7-2-3-9(23)8(4-7)13(24)25/h2-4,6,23H,5,15H2,1H3,(H,24,25)(H3,16,17,18,19,20,21,22).